The highest BCUT2D eigenvalue weighted by Crippen LogP contribution is 2.43. The van der Waals surface area contributed by atoms with Crippen LogP contribution in [0.3, 0.4) is 0 Å². The number of hydrogen-bond acceptors (Lipinski definition) is 3. The van der Waals surface area contributed by atoms with Crippen LogP contribution in [-0.2, 0) is 0 Å². The maximum Gasteiger partial charge on any atom is 0.166 e. The van der Waals surface area contributed by atoms with Crippen molar-refractivity contribution in [2.24, 2.45) is 0 Å². The van der Waals surface area contributed by atoms with E-state index in [-0.39, 0.29) is 17.2 Å². The summed E-state index contributed by atoms with van der Waals surface area (Å²) in [5, 5.41) is 33.6. The van der Waals surface area contributed by atoms with Gasteiger partial charge in [-0.2, -0.15) is 0 Å². The highest BCUT2D eigenvalue weighted by molar-refractivity contribution is 6.03. The molecule has 0 radical (unpaired) electrons. The monoisotopic (exact) mass is 302 g/mol. The maximum absolute atomic E-state index is 10.4. The number of hydrogen-bond donors (Lipinski definition) is 3. The second-order valence-corrected chi connectivity index (χ2v) is 5.59. The second kappa shape index (κ2) is 4.92. The molecule has 0 aliphatic rings. The van der Waals surface area contributed by atoms with Crippen molar-refractivity contribution in [3.8, 4) is 28.4 Å². The van der Waals surface area contributed by atoms with Crippen LogP contribution in [0.15, 0.2) is 66.7 Å². The van der Waals surface area contributed by atoms with Gasteiger partial charge in [0, 0.05) is 5.56 Å². The van der Waals surface area contributed by atoms with Crippen molar-refractivity contribution in [3.05, 3.63) is 66.7 Å². The van der Waals surface area contributed by atoms with Gasteiger partial charge in [0.25, 0.3) is 0 Å². The highest BCUT2D eigenvalue weighted by Gasteiger charge is 2.14. The van der Waals surface area contributed by atoms with E-state index < -0.39 is 0 Å². The van der Waals surface area contributed by atoms with Gasteiger partial charge < -0.3 is 15.3 Å². The van der Waals surface area contributed by atoms with Gasteiger partial charge in [0.1, 0.15) is 5.75 Å². The van der Waals surface area contributed by atoms with Gasteiger partial charge >= 0.3 is 0 Å². The van der Waals surface area contributed by atoms with Crippen molar-refractivity contribution in [1.29, 1.82) is 0 Å². The van der Waals surface area contributed by atoms with Crippen LogP contribution in [0.4, 0.5) is 0 Å². The van der Waals surface area contributed by atoms with Gasteiger partial charge in [-0.15, -0.1) is 0 Å². The first kappa shape index (κ1) is 13.5. The molecular weight excluding hydrogens is 288 g/mol. The topological polar surface area (TPSA) is 60.7 Å². The predicted molar refractivity (Wildman–Crippen MR) is 91.9 cm³/mol. The van der Waals surface area contributed by atoms with Gasteiger partial charge in [-0.05, 0) is 51.4 Å². The average Bonchev–Trinajstić information content (AvgIpc) is 2.56. The molecule has 0 aromatic heterocycles. The van der Waals surface area contributed by atoms with Gasteiger partial charge in [-0.25, -0.2) is 0 Å². The lowest BCUT2D eigenvalue weighted by atomic mass is 9.95. The standard InChI is InChI=1S/C20H14O3/c21-16-8-7-12-9-15(6-5-13(12)10-16)19-17-4-2-1-3-14(17)11-18(22)20(19)23/h1-11,21-23H. The molecule has 3 N–H and O–H groups in total. The Hall–Kier alpha value is -3.20. The van der Waals surface area contributed by atoms with Crippen LogP contribution in [0.5, 0.6) is 17.2 Å². The number of phenols is 3. The number of aromatic hydroxyl groups is 3. The van der Waals surface area contributed by atoms with Gasteiger partial charge in [-0.1, -0.05) is 42.5 Å². The molecule has 112 valence electrons. The summed E-state index contributed by atoms with van der Waals surface area (Å²) >= 11 is 0. The Bertz CT molecular complexity index is 1050. The molecule has 4 aromatic rings. The Morgan fingerprint density at radius 3 is 2.22 bits per heavy atom. The quantitative estimate of drug-likeness (QED) is 0.444. The molecule has 4 aromatic carbocycles. The lowest BCUT2D eigenvalue weighted by Crippen LogP contribution is -1.85. The number of rotatable bonds is 1. The van der Waals surface area contributed by atoms with Crippen molar-refractivity contribution in [3.63, 3.8) is 0 Å². The van der Waals surface area contributed by atoms with E-state index in [0.717, 1.165) is 27.1 Å². The summed E-state index contributed by atoms with van der Waals surface area (Å²) in [4.78, 5) is 0. The summed E-state index contributed by atoms with van der Waals surface area (Å²) in [5.41, 5.74) is 1.42. The van der Waals surface area contributed by atoms with Crippen LogP contribution in [0.1, 0.15) is 0 Å². The minimum absolute atomic E-state index is 0.123. The van der Waals surface area contributed by atoms with E-state index in [9.17, 15) is 15.3 Å². The zero-order chi connectivity index (χ0) is 16.0. The van der Waals surface area contributed by atoms with Crippen molar-refractivity contribution >= 4 is 21.5 Å². The predicted octanol–water partition coefficient (Wildman–Crippen LogP) is 4.78. The van der Waals surface area contributed by atoms with Crippen LogP contribution < -0.4 is 0 Å². The summed E-state index contributed by atoms with van der Waals surface area (Å²) in [7, 11) is 0. The molecule has 0 aliphatic carbocycles. The molecule has 0 unspecified atom stereocenters. The molecule has 0 heterocycles. The summed E-state index contributed by atoms with van der Waals surface area (Å²) in [6, 6.07) is 20.0. The van der Waals surface area contributed by atoms with Crippen molar-refractivity contribution in [2.75, 3.05) is 0 Å². The van der Waals surface area contributed by atoms with Crippen LogP contribution in [-0.4, -0.2) is 15.3 Å². The minimum Gasteiger partial charge on any atom is -0.508 e. The fourth-order valence-corrected chi connectivity index (χ4v) is 3.00. The lowest BCUT2D eigenvalue weighted by molar-refractivity contribution is 0.406. The summed E-state index contributed by atoms with van der Waals surface area (Å²) in [5.74, 6) is -0.0396. The smallest absolute Gasteiger partial charge is 0.166 e. The normalized spacial score (nSPS) is 11.1. The van der Waals surface area contributed by atoms with Crippen LogP contribution in [0.2, 0.25) is 0 Å². The molecule has 0 saturated carbocycles. The zero-order valence-electron chi connectivity index (χ0n) is 12.2. The average molecular weight is 302 g/mol. The maximum atomic E-state index is 10.4. The first-order valence-electron chi connectivity index (χ1n) is 7.30. The summed E-state index contributed by atoms with van der Waals surface area (Å²) in [6.07, 6.45) is 0. The fraction of sp³-hybridized carbons (Fsp3) is 0. The molecule has 0 bridgehead atoms. The Kier molecular flexibility index (Phi) is 2.88. The van der Waals surface area contributed by atoms with Crippen LogP contribution >= 0.6 is 0 Å². The Labute approximate surface area is 132 Å². The third-order valence-corrected chi connectivity index (χ3v) is 4.11. The molecule has 23 heavy (non-hydrogen) atoms. The van der Waals surface area contributed by atoms with Gasteiger partial charge in [0.2, 0.25) is 0 Å². The van der Waals surface area contributed by atoms with E-state index in [1.807, 2.05) is 48.5 Å². The molecule has 3 heteroatoms. The van der Waals surface area contributed by atoms with Crippen molar-refractivity contribution < 1.29 is 15.3 Å². The molecular formula is C20H14O3. The van der Waals surface area contributed by atoms with E-state index in [1.54, 1.807) is 18.2 Å². The third kappa shape index (κ3) is 2.14. The molecule has 0 amide bonds. The molecule has 0 saturated heterocycles. The Morgan fingerprint density at radius 2 is 1.35 bits per heavy atom. The summed E-state index contributed by atoms with van der Waals surface area (Å²) in [6.45, 7) is 0. The molecule has 0 fully saturated rings. The first-order chi connectivity index (χ1) is 11.1. The van der Waals surface area contributed by atoms with Gasteiger partial charge in [0.15, 0.2) is 11.5 Å². The number of phenolic OH excluding ortho intramolecular Hbond substituents is 3. The molecule has 0 aliphatic heterocycles. The van der Waals surface area contributed by atoms with Gasteiger partial charge in [0.05, 0.1) is 0 Å². The largest absolute Gasteiger partial charge is 0.508 e. The number of fused-ring (bicyclic) bond motifs is 2. The van der Waals surface area contributed by atoms with E-state index in [4.69, 9.17) is 0 Å². The SMILES string of the molecule is Oc1ccc2cc(-c3c(O)c(O)cc4ccccc34)ccc2c1. The van der Waals surface area contributed by atoms with Crippen molar-refractivity contribution in [2.45, 2.75) is 0 Å². The Morgan fingerprint density at radius 1 is 0.609 bits per heavy atom. The molecule has 4 rings (SSSR count). The van der Waals surface area contributed by atoms with Gasteiger partial charge in [-0.3, -0.25) is 0 Å². The van der Waals surface area contributed by atoms with E-state index in [2.05, 4.69) is 0 Å². The molecule has 0 atom stereocenters. The van der Waals surface area contributed by atoms with Crippen LogP contribution in [0.25, 0.3) is 32.7 Å². The van der Waals surface area contributed by atoms with E-state index in [1.165, 1.54) is 0 Å². The zero-order valence-corrected chi connectivity index (χ0v) is 12.2. The van der Waals surface area contributed by atoms with E-state index in [0.29, 0.717) is 5.56 Å². The second-order valence-electron chi connectivity index (χ2n) is 5.59. The van der Waals surface area contributed by atoms with E-state index >= 15 is 0 Å². The first-order valence-corrected chi connectivity index (χ1v) is 7.30. The highest BCUT2D eigenvalue weighted by atomic mass is 16.3. The van der Waals surface area contributed by atoms with Crippen molar-refractivity contribution in [1.82, 2.24) is 0 Å². The molecule has 3 nitrogen and oxygen atoms in total. The molecule has 0 spiro atoms. The Balaban J connectivity index is 2.05. The summed E-state index contributed by atoms with van der Waals surface area (Å²) < 4.78 is 0. The lowest BCUT2D eigenvalue weighted by Gasteiger charge is -2.12. The third-order valence-electron chi connectivity index (χ3n) is 4.11. The number of benzene rings is 4. The minimum atomic E-state index is -0.135. The van der Waals surface area contributed by atoms with Crippen LogP contribution in [0, 0.1) is 0 Å². The fourth-order valence-electron chi connectivity index (χ4n) is 3.00.